The average Bonchev–Trinajstić information content (AvgIpc) is 2.75. The molecule has 0 radical (unpaired) electrons. The van der Waals surface area contributed by atoms with Crippen LogP contribution in [0.4, 0.5) is 5.69 Å². The van der Waals surface area contributed by atoms with Gasteiger partial charge in [-0.05, 0) is 39.7 Å². The van der Waals surface area contributed by atoms with Crippen molar-refractivity contribution in [2.24, 2.45) is 5.10 Å². The van der Waals surface area contributed by atoms with E-state index in [4.69, 9.17) is 0 Å². The molecular formula is C23H17N3O3. The summed E-state index contributed by atoms with van der Waals surface area (Å²) in [6, 6.07) is 23.9. The van der Waals surface area contributed by atoms with Gasteiger partial charge in [-0.2, -0.15) is 5.10 Å². The Morgan fingerprint density at radius 3 is 2.31 bits per heavy atom. The molecule has 0 aromatic heterocycles. The zero-order valence-electron chi connectivity index (χ0n) is 15.3. The maximum Gasteiger partial charge on any atom is 0.329 e. The fourth-order valence-electron chi connectivity index (χ4n) is 3.08. The first-order valence-corrected chi connectivity index (χ1v) is 8.96. The largest absolute Gasteiger partial charge is 0.507 e. The SMILES string of the molecule is O=C(N/N=C/c1c(O)ccc2ccccc12)C(=O)Nc1ccc2ccccc2c1. The summed E-state index contributed by atoms with van der Waals surface area (Å²) < 4.78 is 0. The molecule has 6 heteroatoms. The molecule has 4 rings (SSSR count). The van der Waals surface area contributed by atoms with Crippen LogP contribution in [-0.2, 0) is 9.59 Å². The van der Waals surface area contributed by atoms with E-state index in [1.165, 1.54) is 6.21 Å². The van der Waals surface area contributed by atoms with Crippen LogP contribution in [0, 0.1) is 0 Å². The predicted molar refractivity (Wildman–Crippen MR) is 114 cm³/mol. The third-order valence-corrected chi connectivity index (χ3v) is 4.52. The molecule has 0 bridgehead atoms. The van der Waals surface area contributed by atoms with Crippen molar-refractivity contribution in [1.82, 2.24) is 5.43 Å². The fourth-order valence-corrected chi connectivity index (χ4v) is 3.08. The van der Waals surface area contributed by atoms with Gasteiger partial charge in [0.2, 0.25) is 0 Å². The molecule has 0 aliphatic carbocycles. The van der Waals surface area contributed by atoms with E-state index in [2.05, 4.69) is 15.8 Å². The van der Waals surface area contributed by atoms with Crippen LogP contribution in [0.15, 0.2) is 84.0 Å². The molecule has 0 spiro atoms. The lowest BCUT2D eigenvalue weighted by molar-refractivity contribution is -0.136. The lowest BCUT2D eigenvalue weighted by Gasteiger charge is -2.06. The minimum atomic E-state index is -0.908. The standard InChI is InChI=1S/C23H17N3O3/c27-21-12-10-16-6-3-4-8-19(16)20(21)14-24-26-23(29)22(28)25-18-11-9-15-5-1-2-7-17(15)13-18/h1-14,27H,(H,25,28)(H,26,29)/b24-14+. The Labute approximate surface area is 166 Å². The summed E-state index contributed by atoms with van der Waals surface area (Å²) in [5.41, 5.74) is 3.16. The molecule has 0 aliphatic heterocycles. The molecule has 4 aromatic carbocycles. The second-order valence-electron chi connectivity index (χ2n) is 6.43. The van der Waals surface area contributed by atoms with Crippen molar-refractivity contribution in [2.75, 3.05) is 5.32 Å². The Morgan fingerprint density at radius 2 is 1.48 bits per heavy atom. The summed E-state index contributed by atoms with van der Waals surface area (Å²) >= 11 is 0. The topological polar surface area (TPSA) is 90.8 Å². The number of rotatable bonds is 3. The van der Waals surface area contributed by atoms with Gasteiger partial charge in [0.15, 0.2) is 0 Å². The Bertz CT molecular complexity index is 1260. The highest BCUT2D eigenvalue weighted by molar-refractivity contribution is 6.39. The van der Waals surface area contributed by atoms with Crippen LogP contribution < -0.4 is 10.7 Å². The highest BCUT2D eigenvalue weighted by Gasteiger charge is 2.13. The molecular weight excluding hydrogens is 366 g/mol. The molecule has 142 valence electrons. The van der Waals surface area contributed by atoms with E-state index in [1.807, 2.05) is 54.6 Å². The van der Waals surface area contributed by atoms with Crippen molar-refractivity contribution in [3.8, 4) is 5.75 Å². The zero-order chi connectivity index (χ0) is 20.2. The molecule has 0 unspecified atom stereocenters. The van der Waals surface area contributed by atoms with Crippen LogP contribution >= 0.6 is 0 Å². The number of carbonyl (C=O) groups is 2. The third kappa shape index (κ3) is 3.91. The number of benzene rings is 4. The van der Waals surface area contributed by atoms with Gasteiger partial charge in [0.25, 0.3) is 0 Å². The first kappa shape index (κ1) is 18.2. The van der Waals surface area contributed by atoms with Crippen molar-refractivity contribution in [2.45, 2.75) is 0 Å². The van der Waals surface area contributed by atoms with Crippen LogP contribution in [0.1, 0.15) is 5.56 Å². The first-order chi connectivity index (χ1) is 14.1. The molecule has 0 saturated heterocycles. The van der Waals surface area contributed by atoms with Crippen molar-refractivity contribution < 1.29 is 14.7 Å². The summed E-state index contributed by atoms with van der Waals surface area (Å²) in [5, 5.41) is 20.1. The van der Waals surface area contributed by atoms with Crippen molar-refractivity contribution in [3.63, 3.8) is 0 Å². The summed E-state index contributed by atoms with van der Waals surface area (Å²) in [4.78, 5) is 24.2. The monoisotopic (exact) mass is 383 g/mol. The summed E-state index contributed by atoms with van der Waals surface area (Å²) in [6.07, 6.45) is 1.32. The molecule has 0 heterocycles. The highest BCUT2D eigenvalue weighted by Crippen LogP contribution is 2.25. The van der Waals surface area contributed by atoms with Crippen molar-refractivity contribution >= 4 is 45.3 Å². The molecule has 0 saturated carbocycles. The number of amides is 2. The number of hydrogen-bond donors (Lipinski definition) is 3. The van der Waals surface area contributed by atoms with Crippen LogP contribution in [0.2, 0.25) is 0 Å². The van der Waals surface area contributed by atoms with Gasteiger partial charge in [0, 0.05) is 11.3 Å². The first-order valence-electron chi connectivity index (χ1n) is 8.96. The van der Waals surface area contributed by atoms with Crippen molar-refractivity contribution in [1.29, 1.82) is 0 Å². The number of phenolic OH excluding ortho intramolecular Hbond substituents is 1. The Morgan fingerprint density at radius 1 is 0.793 bits per heavy atom. The molecule has 2 amide bonds. The van der Waals surface area contributed by atoms with E-state index in [1.54, 1.807) is 24.3 Å². The molecule has 29 heavy (non-hydrogen) atoms. The average molecular weight is 383 g/mol. The molecule has 6 nitrogen and oxygen atoms in total. The van der Waals surface area contributed by atoms with Gasteiger partial charge in [-0.25, -0.2) is 5.43 Å². The smallest absolute Gasteiger partial charge is 0.329 e. The normalized spacial score (nSPS) is 11.0. The number of anilines is 1. The summed E-state index contributed by atoms with van der Waals surface area (Å²) in [6.45, 7) is 0. The van der Waals surface area contributed by atoms with Gasteiger partial charge < -0.3 is 10.4 Å². The number of hydrazone groups is 1. The van der Waals surface area contributed by atoms with Gasteiger partial charge in [-0.15, -0.1) is 0 Å². The van der Waals surface area contributed by atoms with Gasteiger partial charge in [0.1, 0.15) is 5.75 Å². The van der Waals surface area contributed by atoms with Gasteiger partial charge in [0.05, 0.1) is 6.21 Å². The minimum Gasteiger partial charge on any atom is -0.507 e. The number of carbonyl (C=O) groups excluding carboxylic acids is 2. The number of nitrogens with zero attached hydrogens (tertiary/aromatic N) is 1. The van der Waals surface area contributed by atoms with Crippen LogP contribution in [-0.4, -0.2) is 23.1 Å². The number of phenols is 1. The van der Waals surface area contributed by atoms with Gasteiger partial charge in [-0.1, -0.05) is 60.7 Å². The van der Waals surface area contributed by atoms with E-state index in [-0.39, 0.29) is 5.75 Å². The fraction of sp³-hybridized carbons (Fsp3) is 0. The summed E-state index contributed by atoms with van der Waals surface area (Å²) in [5.74, 6) is -1.71. The van der Waals surface area contributed by atoms with E-state index in [0.29, 0.717) is 11.3 Å². The molecule has 0 fully saturated rings. The molecule has 4 aromatic rings. The van der Waals surface area contributed by atoms with Gasteiger partial charge in [-0.3, -0.25) is 9.59 Å². The summed E-state index contributed by atoms with van der Waals surface area (Å²) in [7, 11) is 0. The molecule has 3 N–H and O–H groups in total. The predicted octanol–water partition coefficient (Wildman–Crippen LogP) is 3.79. The number of hydrogen-bond acceptors (Lipinski definition) is 4. The van der Waals surface area contributed by atoms with Crippen molar-refractivity contribution in [3.05, 3.63) is 84.4 Å². The Kier molecular flexibility index (Phi) is 4.90. The zero-order valence-corrected chi connectivity index (χ0v) is 15.3. The van der Waals surface area contributed by atoms with E-state index >= 15 is 0 Å². The second kappa shape index (κ2) is 7.82. The Balaban J connectivity index is 1.45. The third-order valence-electron chi connectivity index (χ3n) is 4.52. The lowest BCUT2D eigenvalue weighted by atomic mass is 10.0. The van der Waals surface area contributed by atoms with E-state index < -0.39 is 11.8 Å². The van der Waals surface area contributed by atoms with Crippen LogP contribution in [0.25, 0.3) is 21.5 Å². The molecule has 0 aliphatic rings. The lowest BCUT2D eigenvalue weighted by Crippen LogP contribution is -2.32. The van der Waals surface area contributed by atoms with E-state index in [0.717, 1.165) is 21.5 Å². The molecule has 0 atom stereocenters. The Hall–Kier alpha value is -4.19. The van der Waals surface area contributed by atoms with E-state index in [9.17, 15) is 14.7 Å². The number of fused-ring (bicyclic) bond motifs is 2. The highest BCUT2D eigenvalue weighted by atomic mass is 16.3. The van der Waals surface area contributed by atoms with Gasteiger partial charge >= 0.3 is 11.8 Å². The maximum atomic E-state index is 12.1. The van der Waals surface area contributed by atoms with Crippen LogP contribution in [0.5, 0.6) is 5.75 Å². The minimum absolute atomic E-state index is 0.0299. The quantitative estimate of drug-likeness (QED) is 0.286. The second-order valence-corrected chi connectivity index (χ2v) is 6.43. The maximum absolute atomic E-state index is 12.1. The number of nitrogens with one attached hydrogen (secondary N) is 2. The van der Waals surface area contributed by atoms with Crippen LogP contribution in [0.3, 0.4) is 0 Å². The number of aromatic hydroxyl groups is 1.